The number of hydrogen-bond acceptors (Lipinski definition) is 6. The van der Waals surface area contributed by atoms with Gasteiger partial charge in [-0.3, -0.25) is 4.79 Å². The number of carbonyl (C=O) groups is 2. The number of rotatable bonds is 6. The number of nitrogens with zero attached hydrogens (tertiary/aromatic N) is 1. The molecule has 1 aliphatic heterocycles. The molecule has 160 valence electrons. The van der Waals surface area contributed by atoms with E-state index < -0.39 is 22.1 Å². The van der Waals surface area contributed by atoms with Crippen molar-refractivity contribution in [3.8, 4) is 0 Å². The second-order valence-electron chi connectivity index (χ2n) is 7.53. The van der Waals surface area contributed by atoms with E-state index in [9.17, 15) is 18.0 Å². The molecule has 1 atom stereocenters. The van der Waals surface area contributed by atoms with Crippen LogP contribution in [0.1, 0.15) is 48.5 Å². The number of nitrogens with one attached hydrogen (secondary N) is 1. The molecule has 2 aliphatic rings. The third-order valence-electron chi connectivity index (χ3n) is 5.37. The number of ether oxygens (including phenoxy) is 2. The van der Waals surface area contributed by atoms with Crippen LogP contribution < -0.4 is 5.32 Å². The number of carbonyl (C=O) groups excluding carboxylic acids is 2. The van der Waals surface area contributed by atoms with Gasteiger partial charge in [-0.15, -0.1) is 0 Å². The Morgan fingerprint density at radius 3 is 2.52 bits per heavy atom. The molecule has 3 rings (SSSR count). The maximum atomic E-state index is 13.0. The van der Waals surface area contributed by atoms with Crippen LogP contribution >= 0.6 is 0 Å². The van der Waals surface area contributed by atoms with Crippen LogP contribution in [0.5, 0.6) is 0 Å². The Balaban J connectivity index is 1.71. The van der Waals surface area contributed by atoms with E-state index in [0.717, 1.165) is 25.7 Å². The van der Waals surface area contributed by atoms with Gasteiger partial charge in [0.1, 0.15) is 0 Å². The molecule has 0 aromatic heterocycles. The highest BCUT2D eigenvalue weighted by molar-refractivity contribution is 7.89. The first-order valence-electron chi connectivity index (χ1n) is 9.99. The van der Waals surface area contributed by atoms with Gasteiger partial charge in [0.25, 0.3) is 5.91 Å². The summed E-state index contributed by atoms with van der Waals surface area (Å²) >= 11 is 0. The van der Waals surface area contributed by atoms with Crippen molar-refractivity contribution < 1.29 is 27.5 Å². The smallest absolute Gasteiger partial charge is 0.338 e. The van der Waals surface area contributed by atoms with Gasteiger partial charge in [0.2, 0.25) is 10.0 Å². The van der Waals surface area contributed by atoms with E-state index in [2.05, 4.69) is 5.32 Å². The molecule has 1 heterocycles. The summed E-state index contributed by atoms with van der Waals surface area (Å²) in [5.41, 5.74) is 0.642. The van der Waals surface area contributed by atoms with E-state index in [-0.39, 0.29) is 35.5 Å². The van der Waals surface area contributed by atoms with Crippen LogP contribution in [0.25, 0.3) is 0 Å². The van der Waals surface area contributed by atoms with E-state index in [1.807, 2.05) is 0 Å². The van der Waals surface area contributed by atoms with Crippen LogP contribution in [0, 0.1) is 6.92 Å². The number of hydrogen-bond donors (Lipinski definition) is 1. The van der Waals surface area contributed by atoms with Crippen LogP contribution in [-0.4, -0.2) is 63.0 Å². The quantitative estimate of drug-likeness (QED) is 0.697. The van der Waals surface area contributed by atoms with Gasteiger partial charge >= 0.3 is 5.97 Å². The zero-order chi connectivity index (χ0) is 21.0. The van der Waals surface area contributed by atoms with Crippen LogP contribution in [0.4, 0.5) is 0 Å². The minimum Gasteiger partial charge on any atom is -0.449 e. The lowest BCUT2D eigenvalue weighted by Gasteiger charge is -2.26. The fraction of sp³-hybridized carbons (Fsp3) is 0.600. The van der Waals surface area contributed by atoms with Crippen LogP contribution in [0.15, 0.2) is 23.1 Å². The summed E-state index contributed by atoms with van der Waals surface area (Å²) in [6.07, 6.45) is 3.09. The molecule has 2 fully saturated rings. The Labute approximate surface area is 171 Å². The molecule has 0 bridgehead atoms. The molecule has 1 N–H and O–H groups in total. The van der Waals surface area contributed by atoms with E-state index in [1.165, 1.54) is 23.4 Å². The highest BCUT2D eigenvalue weighted by atomic mass is 32.2. The molecule has 1 aliphatic carbocycles. The molecule has 0 radical (unpaired) electrons. The maximum absolute atomic E-state index is 13.0. The Bertz CT molecular complexity index is 858. The summed E-state index contributed by atoms with van der Waals surface area (Å²) < 4.78 is 37.8. The van der Waals surface area contributed by atoms with Gasteiger partial charge in [0, 0.05) is 19.1 Å². The largest absolute Gasteiger partial charge is 0.449 e. The number of esters is 1. The Morgan fingerprint density at radius 1 is 1.21 bits per heavy atom. The topological polar surface area (TPSA) is 102 Å². The average molecular weight is 425 g/mol. The van der Waals surface area contributed by atoms with E-state index in [1.54, 1.807) is 13.0 Å². The zero-order valence-corrected chi connectivity index (χ0v) is 17.7. The highest BCUT2D eigenvalue weighted by Crippen LogP contribution is 2.23. The fourth-order valence-electron chi connectivity index (χ4n) is 3.60. The summed E-state index contributed by atoms with van der Waals surface area (Å²) in [5.74, 6) is -1.06. The molecule has 8 nitrogen and oxygen atoms in total. The first kappa shape index (κ1) is 21.7. The van der Waals surface area contributed by atoms with Gasteiger partial charge < -0.3 is 14.8 Å². The molecule has 1 amide bonds. The first-order chi connectivity index (χ1) is 13.8. The summed E-state index contributed by atoms with van der Waals surface area (Å²) in [7, 11) is -3.74. The molecule has 29 heavy (non-hydrogen) atoms. The van der Waals surface area contributed by atoms with Crippen molar-refractivity contribution in [1.82, 2.24) is 9.62 Å². The lowest BCUT2D eigenvalue weighted by molar-refractivity contribution is -0.129. The predicted octanol–water partition coefficient (Wildman–Crippen LogP) is 1.62. The van der Waals surface area contributed by atoms with Crippen LogP contribution in [-0.2, 0) is 24.3 Å². The van der Waals surface area contributed by atoms with E-state index in [4.69, 9.17) is 9.47 Å². The number of amides is 1. The number of sulfonamides is 1. The number of benzene rings is 1. The second-order valence-corrected chi connectivity index (χ2v) is 9.44. The van der Waals surface area contributed by atoms with Crippen molar-refractivity contribution in [2.75, 3.05) is 26.3 Å². The SMILES string of the molecule is Cc1ccc(C(=O)O[C@H](C)C(=O)NC2CCCC2)cc1S(=O)(=O)N1CCOCC1. The molecule has 1 aromatic rings. The Kier molecular flexibility index (Phi) is 6.92. The second kappa shape index (κ2) is 9.23. The summed E-state index contributed by atoms with van der Waals surface area (Å²) in [4.78, 5) is 24.8. The van der Waals surface area contributed by atoms with Gasteiger partial charge in [-0.2, -0.15) is 4.31 Å². The van der Waals surface area contributed by atoms with Crippen molar-refractivity contribution in [3.05, 3.63) is 29.3 Å². The summed E-state index contributed by atoms with van der Waals surface area (Å²) in [6.45, 7) is 4.42. The average Bonchev–Trinajstić information content (AvgIpc) is 3.21. The van der Waals surface area contributed by atoms with E-state index >= 15 is 0 Å². The minimum absolute atomic E-state index is 0.0666. The predicted molar refractivity (Wildman–Crippen MR) is 106 cm³/mol. The van der Waals surface area contributed by atoms with Crippen molar-refractivity contribution in [2.24, 2.45) is 0 Å². The molecular weight excluding hydrogens is 396 g/mol. The molecule has 1 saturated heterocycles. The van der Waals surface area contributed by atoms with Gasteiger partial charge in [-0.25, -0.2) is 13.2 Å². The van der Waals surface area contributed by atoms with Crippen LogP contribution in [0.3, 0.4) is 0 Å². The standard InChI is InChI=1S/C20H28N2O6S/c1-14-7-8-16(13-18(14)29(25,26)22-9-11-27-12-10-22)20(24)28-15(2)19(23)21-17-5-3-4-6-17/h7-8,13,15,17H,3-6,9-12H2,1-2H3,(H,21,23)/t15-/m1/s1. The van der Waals surface area contributed by atoms with Gasteiger partial charge in [0.05, 0.1) is 23.7 Å². The molecule has 0 spiro atoms. The molecule has 1 aromatic carbocycles. The molecule has 9 heteroatoms. The fourth-order valence-corrected chi connectivity index (χ4v) is 5.26. The molecule has 1 saturated carbocycles. The lowest BCUT2D eigenvalue weighted by atomic mass is 10.1. The normalized spacial score (nSPS) is 19.7. The van der Waals surface area contributed by atoms with Gasteiger partial charge in [-0.1, -0.05) is 18.9 Å². The Hall–Kier alpha value is -1.97. The van der Waals surface area contributed by atoms with Crippen molar-refractivity contribution >= 4 is 21.9 Å². The zero-order valence-electron chi connectivity index (χ0n) is 16.8. The highest BCUT2D eigenvalue weighted by Gasteiger charge is 2.29. The third-order valence-corrected chi connectivity index (χ3v) is 7.41. The monoisotopic (exact) mass is 424 g/mol. The van der Waals surface area contributed by atoms with Crippen LogP contribution in [0.2, 0.25) is 0 Å². The Morgan fingerprint density at radius 2 is 1.86 bits per heavy atom. The summed E-state index contributed by atoms with van der Waals surface area (Å²) in [6, 6.07) is 4.54. The maximum Gasteiger partial charge on any atom is 0.338 e. The summed E-state index contributed by atoms with van der Waals surface area (Å²) in [5, 5.41) is 2.89. The lowest BCUT2D eigenvalue weighted by Crippen LogP contribution is -2.41. The minimum atomic E-state index is -3.74. The van der Waals surface area contributed by atoms with Gasteiger partial charge in [-0.05, 0) is 44.4 Å². The van der Waals surface area contributed by atoms with Crippen molar-refractivity contribution in [1.29, 1.82) is 0 Å². The van der Waals surface area contributed by atoms with E-state index in [0.29, 0.717) is 18.8 Å². The number of morpholine rings is 1. The molecular formula is C20H28N2O6S. The van der Waals surface area contributed by atoms with Crippen molar-refractivity contribution in [3.63, 3.8) is 0 Å². The third kappa shape index (κ3) is 5.15. The molecule has 0 unspecified atom stereocenters. The first-order valence-corrected chi connectivity index (χ1v) is 11.4. The number of aryl methyl sites for hydroxylation is 1. The van der Waals surface area contributed by atoms with Gasteiger partial charge in [0.15, 0.2) is 6.10 Å². The van der Waals surface area contributed by atoms with Crippen molar-refractivity contribution in [2.45, 2.75) is 56.6 Å².